The van der Waals surface area contributed by atoms with Crippen LogP contribution in [0.15, 0.2) is 29.4 Å². The van der Waals surface area contributed by atoms with Crippen molar-refractivity contribution < 1.29 is 4.79 Å². The first-order valence-corrected chi connectivity index (χ1v) is 5.89. The number of hydrogen-bond donors (Lipinski definition) is 0. The quantitative estimate of drug-likeness (QED) is 0.304. The fourth-order valence-electron chi connectivity index (χ4n) is 1.72. The predicted molar refractivity (Wildman–Crippen MR) is 68.3 cm³/mol. The Kier molecular flexibility index (Phi) is 5.24. The Labute approximate surface area is 101 Å². The van der Waals surface area contributed by atoms with E-state index in [2.05, 4.69) is 16.9 Å². The lowest BCUT2D eigenvalue weighted by atomic mass is 9.94. The van der Waals surface area contributed by atoms with E-state index < -0.39 is 0 Å². The molecule has 0 saturated heterocycles. The molecule has 17 heavy (non-hydrogen) atoms. The van der Waals surface area contributed by atoms with Gasteiger partial charge in [-0.1, -0.05) is 56.1 Å². The summed E-state index contributed by atoms with van der Waals surface area (Å²) in [5, 5.41) is 3.55. The number of unbranched alkanes of at least 4 members (excludes halogenated alkanes) is 1. The van der Waals surface area contributed by atoms with Gasteiger partial charge in [0, 0.05) is 22.1 Å². The number of ketones is 1. The zero-order valence-electron chi connectivity index (χ0n) is 10.3. The Morgan fingerprint density at radius 2 is 2.18 bits per heavy atom. The van der Waals surface area contributed by atoms with Crippen LogP contribution in [0.1, 0.15) is 43.5 Å². The molecule has 1 aromatic carbocycles. The molecule has 1 atom stereocenters. The van der Waals surface area contributed by atoms with E-state index in [0.29, 0.717) is 11.3 Å². The lowest BCUT2D eigenvalue weighted by Gasteiger charge is -2.11. The summed E-state index contributed by atoms with van der Waals surface area (Å²) in [5.41, 5.74) is 9.39. The molecule has 0 amide bonds. The fourth-order valence-corrected chi connectivity index (χ4v) is 1.72. The first-order valence-electron chi connectivity index (χ1n) is 5.89. The molecule has 0 aliphatic rings. The maximum Gasteiger partial charge on any atom is 0.166 e. The highest BCUT2D eigenvalue weighted by molar-refractivity contribution is 6.01. The Bertz CT molecular complexity index is 436. The van der Waals surface area contributed by atoms with Crippen molar-refractivity contribution in [1.29, 1.82) is 0 Å². The molecule has 0 aliphatic heterocycles. The van der Waals surface area contributed by atoms with Crippen molar-refractivity contribution >= 4 is 11.5 Å². The third kappa shape index (κ3) is 3.61. The summed E-state index contributed by atoms with van der Waals surface area (Å²) in [5.74, 6) is 0.0337. The largest absolute Gasteiger partial charge is 0.294 e. The summed E-state index contributed by atoms with van der Waals surface area (Å²) in [7, 11) is 0. The van der Waals surface area contributed by atoms with Gasteiger partial charge in [-0.2, -0.15) is 0 Å². The first kappa shape index (κ1) is 13.3. The average molecular weight is 231 g/mol. The van der Waals surface area contributed by atoms with E-state index in [4.69, 9.17) is 5.53 Å². The maximum atomic E-state index is 12.2. The molecule has 1 unspecified atom stereocenters. The van der Waals surface area contributed by atoms with Gasteiger partial charge in [0.25, 0.3) is 0 Å². The lowest BCUT2D eigenvalue weighted by molar-refractivity contribution is 0.0923. The van der Waals surface area contributed by atoms with Gasteiger partial charge in [0.1, 0.15) is 0 Å². The minimum absolute atomic E-state index is 0.0232. The molecular weight excluding hydrogens is 214 g/mol. The monoisotopic (exact) mass is 231 g/mol. The number of benzene rings is 1. The van der Waals surface area contributed by atoms with Crippen LogP contribution in [-0.4, -0.2) is 5.78 Å². The van der Waals surface area contributed by atoms with Gasteiger partial charge in [-0.05, 0) is 12.0 Å². The molecule has 1 aromatic rings. The molecule has 4 nitrogen and oxygen atoms in total. The minimum Gasteiger partial charge on any atom is -0.294 e. The van der Waals surface area contributed by atoms with Crippen LogP contribution in [-0.2, 0) is 0 Å². The molecule has 0 aromatic heterocycles. The second-order valence-electron chi connectivity index (χ2n) is 4.11. The molecule has 0 spiro atoms. The van der Waals surface area contributed by atoms with Gasteiger partial charge in [-0.3, -0.25) is 4.79 Å². The van der Waals surface area contributed by atoms with Crippen molar-refractivity contribution in [2.45, 2.75) is 33.1 Å². The van der Waals surface area contributed by atoms with E-state index in [1.165, 1.54) is 0 Å². The van der Waals surface area contributed by atoms with Crippen LogP contribution < -0.4 is 0 Å². The number of nitrogens with zero attached hydrogens (tertiary/aromatic N) is 3. The van der Waals surface area contributed by atoms with E-state index in [0.717, 1.165) is 19.3 Å². The van der Waals surface area contributed by atoms with Crippen molar-refractivity contribution in [3.63, 3.8) is 0 Å². The number of rotatable bonds is 6. The molecule has 0 bridgehead atoms. The first-order chi connectivity index (χ1) is 8.20. The summed E-state index contributed by atoms with van der Waals surface area (Å²) in [6.07, 6.45) is 2.99. The van der Waals surface area contributed by atoms with Gasteiger partial charge in [-0.25, -0.2) is 0 Å². The second-order valence-corrected chi connectivity index (χ2v) is 4.11. The van der Waals surface area contributed by atoms with Crippen LogP contribution in [0.2, 0.25) is 0 Å². The molecule has 0 radical (unpaired) electrons. The van der Waals surface area contributed by atoms with Crippen molar-refractivity contribution in [3.8, 4) is 0 Å². The highest BCUT2D eigenvalue weighted by Crippen LogP contribution is 2.23. The van der Waals surface area contributed by atoms with Gasteiger partial charge in [0.05, 0.1) is 0 Å². The third-order valence-electron chi connectivity index (χ3n) is 2.76. The van der Waals surface area contributed by atoms with Crippen molar-refractivity contribution in [1.82, 2.24) is 0 Å². The van der Waals surface area contributed by atoms with Gasteiger partial charge in [0.15, 0.2) is 5.78 Å². The summed E-state index contributed by atoms with van der Waals surface area (Å²) in [6, 6.07) is 6.93. The molecule has 4 heteroatoms. The van der Waals surface area contributed by atoms with Crippen LogP contribution in [0.25, 0.3) is 10.4 Å². The Balaban J connectivity index is 2.91. The number of azide groups is 1. The van der Waals surface area contributed by atoms with Crippen LogP contribution in [0, 0.1) is 5.92 Å². The van der Waals surface area contributed by atoms with Gasteiger partial charge in [-0.15, -0.1) is 0 Å². The number of carbonyl (C=O) groups is 1. The highest BCUT2D eigenvalue weighted by Gasteiger charge is 2.16. The summed E-state index contributed by atoms with van der Waals surface area (Å²) < 4.78 is 0. The molecule has 0 saturated carbocycles. The van der Waals surface area contributed by atoms with Crippen molar-refractivity contribution in [2.24, 2.45) is 11.0 Å². The van der Waals surface area contributed by atoms with Crippen molar-refractivity contribution in [3.05, 3.63) is 40.3 Å². The van der Waals surface area contributed by atoms with Crippen LogP contribution >= 0.6 is 0 Å². The van der Waals surface area contributed by atoms with Gasteiger partial charge >= 0.3 is 0 Å². The van der Waals surface area contributed by atoms with E-state index in [9.17, 15) is 4.79 Å². The van der Waals surface area contributed by atoms with Gasteiger partial charge in [0.2, 0.25) is 0 Å². The standard InChI is InChI=1S/C13H17N3O/c1-3-4-7-10(2)13(17)11-8-5-6-9-12(11)15-16-14/h5-6,8-10H,3-4,7H2,1-2H3. The summed E-state index contributed by atoms with van der Waals surface area (Å²) in [4.78, 5) is 14.9. The van der Waals surface area contributed by atoms with Crippen LogP contribution in [0.5, 0.6) is 0 Å². The zero-order chi connectivity index (χ0) is 12.7. The lowest BCUT2D eigenvalue weighted by Crippen LogP contribution is -2.11. The van der Waals surface area contributed by atoms with Crippen LogP contribution in [0.4, 0.5) is 5.69 Å². The van der Waals surface area contributed by atoms with E-state index in [1.807, 2.05) is 6.92 Å². The second kappa shape index (κ2) is 6.71. The number of hydrogen-bond acceptors (Lipinski definition) is 2. The van der Waals surface area contributed by atoms with Gasteiger partial charge < -0.3 is 0 Å². The topological polar surface area (TPSA) is 65.8 Å². The predicted octanol–water partition coefficient (Wildman–Crippen LogP) is 4.64. The molecule has 0 fully saturated rings. The average Bonchev–Trinajstić information content (AvgIpc) is 2.36. The number of carbonyl (C=O) groups excluding carboxylic acids is 1. The normalized spacial score (nSPS) is 11.6. The molecule has 0 heterocycles. The van der Waals surface area contributed by atoms with E-state index >= 15 is 0 Å². The zero-order valence-corrected chi connectivity index (χ0v) is 10.3. The van der Waals surface area contributed by atoms with Crippen LogP contribution in [0.3, 0.4) is 0 Å². The van der Waals surface area contributed by atoms with E-state index in [-0.39, 0.29) is 11.7 Å². The smallest absolute Gasteiger partial charge is 0.166 e. The molecule has 1 rings (SSSR count). The highest BCUT2D eigenvalue weighted by atomic mass is 16.1. The Hall–Kier alpha value is -1.80. The summed E-state index contributed by atoms with van der Waals surface area (Å²) in [6.45, 7) is 4.02. The van der Waals surface area contributed by atoms with E-state index in [1.54, 1.807) is 24.3 Å². The molecule has 0 aliphatic carbocycles. The SMILES string of the molecule is CCCCC(C)C(=O)c1ccccc1N=[N+]=[N-]. The Morgan fingerprint density at radius 3 is 2.82 bits per heavy atom. The number of Topliss-reactive ketones (excluding diaryl/α,β-unsaturated/α-hetero) is 1. The fraction of sp³-hybridized carbons (Fsp3) is 0.462. The molecule has 90 valence electrons. The minimum atomic E-state index is -0.0232. The maximum absolute atomic E-state index is 12.2. The summed E-state index contributed by atoms with van der Waals surface area (Å²) >= 11 is 0. The van der Waals surface area contributed by atoms with Crippen molar-refractivity contribution in [2.75, 3.05) is 0 Å². The third-order valence-corrected chi connectivity index (χ3v) is 2.76. The molecule has 0 N–H and O–H groups in total. The Morgan fingerprint density at radius 1 is 1.47 bits per heavy atom. The molecular formula is C13H17N3O.